The SMILES string of the molecule is CCNC(=O)CN1CCN(CCc2nn[nH]n2)CC(O)C1. The van der Waals surface area contributed by atoms with Gasteiger partial charge in [0.25, 0.3) is 0 Å². The van der Waals surface area contributed by atoms with E-state index in [1.165, 1.54) is 0 Å². The lowest BCUT2D eigenvalue weighted by molar-refractivity contribution is -0.122. The van der Waals surface area contributed by atoms with Crippen LogP contribution in [0.15, 0.2) is 0 Å². The maximum absolute atomic E-state index is 11.6. The number of amides is 1. The zero-order valence-electron chi connectivity index (χ0n) is 12.3. The highest BCUT2D eigenvalue weighted by atomic mass is 16.3. The number of aromatic nitrogens is 4. The van der Waals surface area contributed by atoms with Gasteiger partial charge in [0.15, 0.2) is 5.82 Å². The molecule has 0 aromatic carbocycles. The van der Waals surface area contributed by atoms with E-state index in [1.807, 2.05) is 11.8 Å². The molecule has 9 heteroatoms. The number of rotatable bonds is 6. The topological polar surface area (TPSA) is 110 Å². The van der Waals surface area contributed by atoms with E-state index in [1.54, 1.807) is 0 Å². The third kappa shape index (κ3) is 5.37. The predicted octanol–water partition coefficient (Wildman–Crippen LogP) is -2.14. The van der Waals surface area contributed by atoms with Gasteiger partial charge in [0.2, 0.25) is 5.91 Å². The van der Waals surface area contributed by atoms with E-state index in [2.05, 4.69) is 30.8 Å². The highest BCUT2D eigenvalue weighted by Gasteiger charge is 2.22. The van der Waals surface area contributed by atoms with Gasteiger partial charge in [-0.05, 0) is 6.92 Å². The first-order valence-corrected chi connectivity index (χ1v) is 7.29. The Morgan fingerprint density at radius 2 is 2.19 bits per heavy atom. The Labute approximate surface area is 123 Å². The van der Waals surface area contributed by atoms with Crippen molar-refractivity contribution >= 4 is 5.91 Å². The summed E-state index contributed by atoms with van der Waals surface area (Å²) in [4.78, 5) is 15.8. The van der Waals surface area contributed by atoms with Crippen molar-refractivity contribution in [1.29, 1.82) is 0 Å². The molecule has 118 valence electrons. The number of H-pyrrole nitrogens is 1. The smallest absolute Gasteiger partial charge is 0.234 e. The van der Waals surface area contributed by atoms with E-state index in [9.17, 15) is 9.90 Å². The molecular weight excluding hydrogens is 274 g/mol. The molecule has 0 radical (unpaired) electrons. The summed E-state index contributed by atoms with van der Waals surface area (Å²) in [6.45, 7) is 6.34. The number of likely N-dealkylation sites (N-methyl/N-ethyl adjacent to an activating group) is 1. The minimum Gasteiger partial charge on any atom is -0.390 e. The Kier molecular flexibility index (Phi) is 6.03. The molecule has 1 atom stereocenters. The quantitative estimate of drug-likeness (QED) is 0.549. The lowest BCUT2D eigenvalue weighted by Gasteiger charge is -2.20. The van der Waals surface area contributed by atoms with Gasteiger partial charge >= 0.3 is 0 Å². The van der Waals surface area contributed by atoms with Gasteiger partial charge in [-0.2, -0.15) is 5.21 Å². The monoisotopic (exact) mass is 297 g/mol. The number of nitrogens with zero attached hydrogens (tertiary/aromatic N) is 5. The summed E-state index contributed by atoms with van der Waals surface area (Å²) in [5.41, 5.74) is 0. The van der Waals surface area contributed by atoms with Crippen molar-refractivity contribution in [3.05, 3.63) is 5.82 Å². The summed E-state index contributed by atoms with van der Waals surface area (Å²) in [6, 6.07) is 0. The maximum atomic E-state index is 11.6. The van der Waals surface area contributed by atoms with Gasteiger partial charge in [-0.25, -0.2) is 0 Å². The van der Waals surface area contributed by atoms with Crippen LogP contribution < -0.4 is 5.32 Å². The minimum absolute atomic E-state index is 0.00458. The largest absolute Gasteiger partial charge is 0.390 e. The van der Waals surface area contributed by atoms with Crippen LogP contribution >= 0.6 is 0 Å². The number of hydrogen-bond acceptors (Lipinski definition) is 7. The van der Waals surface area contributed by atoms with Crippen molar-refractivity contribution in [3.63, 3.8) is 0 Å². The van der Waals surface area contributed by atoms with Crippen LogP contribution in [0.1, 0.15) is 12.7 Å². The Morgan fingerprint density at radius 1 is 1.43 bits per heavy atom. The lowest BCUT2D eigenvalue weighted by atomic mass is 10.3. The third-order valence-corrected chi connectivity index (χ3v) is 3.45. The van der Waals surface area contributed by atoms with Crippen LogP contribution in [0.3, 0.4) is 0 Å². The van der Waals surface area contributed by atoms with Crippen molar-refractivity contribution in [2.45, 2.75) is 19.4 Å². The van der Waals surface area contributed by atoms with E-state index in [0.717, 1.165) is 19.6 Å². The zero-order chi connectivity index (χ0) is 15.1. The van der Waals surface area contributed by atoms with E-state index in [0.29, 0.717) is 38.4 Å². The highest BCUT2D eigenvalue weighted by Crippen LogP contribution is 2.04. The normalized spacial score (nSPS) is 21.1. The number of aliphatic hydroxyl groups excluding tert-OH is 1. The molecule has 0 aliphatic carbocycles. The van der Waals surface area contributed by atoms with Crippen LogP contribution in [0.5, 0.6) is 0 Å². The van der Waals surface area contributed by atoms with Crippen molar-refractivity contribution in [1.82, 2.24) is 35.7 Å². The fraction of sp³-hybridized carbons (Fsp3) is 0.833. The van der Waals surface area contributed by atoms with Crippen LogP contribution in [0.25, 0.3) is 0 Å². The van der Waals surface area contributed by atoms with Gasteiger partial charge in [-0.1, -0.05) is 5.21 Å². The number of tetrazole rings is 1. The molecule has 1 amide bonds. The van der Waals surface area contributed by atoms with Crippen molar-refractivity contribution in [2.75, 3.05) is 45.8 Å². The van der Waals surface area contributed by atoms with Gasteiger partial charge in [0.1, 0.15) is 0 Å². The van der Waals surface area contributed by atoms with Gasteiger partial charge in [-0.15, -0.1) is 10.2 Å². The molecule has 1 aliphatic rings. The third-order valence-electron chi connectivity index (χ3n) is 3.45. The average molecular weight is 297 g/mol. The molecular formula is C12H23N7O2. The second-order valence-corrected chi connectivity index (χ2v) is 5.22. The molecule has 1 aromatic heterocycles. The van der Waals surface area contributed by atoms with E-state index < -0.39 is 6.10 Å². The second-order valence-electron chi connectivity index (χ2n) is 5.22. The molecule has 9 nitrogen and oxygen atoms in total. The first-order valence-electron chi connectivity index (χ1n) is 7.29. The summed E-state index contributed by atoms with van der Waals surface area (Å²) in [5, 5.41) is 26.6. The first kappa shape index (κ1) is 15.8. The Morgan fingerprint density at radius 3 is 2.90 bits per heavy atom. The molecule has 1 aromatic rings. The van der Waals surface area contributed by atoms with Gasteiger partial charge in [-0.3, -0.25) is 14.6 Å². The van der Waals surface area contributed by atoms with E-state index in [-0.39, 0.29) is 5.91 Å². The van der Waals surface area contributed by atoms with Crippen molar-refractivity contribution in [3.8, 4) is 0 Å². The van der Waals surface area contributed by atoms with Crippen LogP contribution in [0.2, 0.25) is 0 Å². The number of aromatic amines is 1. The van der Waals surface area contributed by atoms with Crippen LogP contribution in [0.4, 0.5) is 0 Å². The maximum Gasteiger partial charge on any atom is 0.234 e. The molecule has 3 N–H and O–H groups in total. The fourth-order valence-electron chi connectivity index (χ4n) is 2.47. The van der Waals surface area contributed by atoms with Crippen molar-refractivity contribution < 1.29 is 9.90 Å². The number of nitrogens with one attached hydrogen (secondary N) is 2. The molecule has 1 aliphatic heterocycles. The zero-order valence-corrected chi connectivity index (χ0v) is 12.3. The van der Waals surface area contributed by atoms with E-state index in [4.69, 9.17) is 0 Å². The highest BCUT2D eigenvalue weighted by molar-refractivity contribution is 5.77. The standard InChI is InChI=1S/C12H23N7O2/c1-2-13-12(21)9-19-6-5-18(7-10(20)8-19)4-3-11-14-16-17-15-11/h10,20H,2-9H2,1H3,(H,13,21)(H,14,15,16,17). The summed E-state index contributed by atoms with van der Waals surface area (Å²) in [5.74, 6) is 0.679. The first-order chi connectivity index (χ1) is 10.2. The molecule has 0 bridgehead atoms. The predicted molar refractivity (Wildman–Crippen MR) is 75.5 cm³/mol. The molecule has 0 spiro atoms. The Balaban J connectivity index is 1.78. The molecule has 0 saturated carbocycles. The second kappa shape index (κ2) is 8.01. The van der Waals surface area contributed by atoms with Gasteiger partial charge in [0, 0.05) is 45.7 Å². The van der Waals surface area contributed by atoms with Crippen LogP contribution in [0, 0.1) is 0 Å². The molecule has 1 fully saturated rings. The average Bonchev–Trinajstić information content (AvgIpc) is 2.88. The van der Waals surface area contributed by atoms with Gasteiger partial charge in [0.05, 0.1) is 12.6 Å². The Hall–Kier alpha value is -1.58. The molecule has 21 heavy (non-hydrogen) atoms. The molecule has 1 unspecified atom stereocenters. The fourth-order valence-corrected chi connectivity index (χ4v) is 2.47. The summed E-state index contributed by atoms with van der Waals surface area (Å²) in [7, 11) is 0. The number of carbonyl (C=O) groups excluding carboxylic acids is 1. The number of aliphatic hydroxyl groups is 1. The molecule has 1 saturated heterocycles. The number of carbonyl (C=O) groups is 1. The number of hydrogen-bond donors (Lipinski definition) is 3. The molecule has 2 rings (SSSR count). The van der Waals surface area contributed by atoms with E-state index >= 15 is 0 Å². The summed E-state index contributed by atoms with van der Waals surface area (Å²) in [6.07, 6.45) is 0.242. The van der Waals surface area contributed by atoms with Crippen LogP contribution in [-0.2, 0) is 11.2 Å². The summed E-state index contributed by atoms with van der Waals surface area (Å²) >= 11 is 0. The minimum atomic E-state index is -0.452. The molecule has 2 heterocycles. The number of β-amino-alcohol motifs (C(OH)–C–C–N with tert-alkyl or cyclic N) is 1. The van der Waals surface area contributed by atoms with Gasteiger partial charge < -0.3 is 10.4 Å². The van der Waals surface area contributed by atoms with Crippen LogP contribution in [-0.4, -0.2) is 93.4 Å². The Bertz CT molecular complexity index is 425. The van der Waals surface area contributed by atoms with Crippen molar-refractivity contribution in [2.24, 2.45) is 0 Å². The lowest BCUT2D eigenvalue weighted by Crippen LogP contribution is -2.41. The summed E-state index contributed by atoms with van der Waals surface area (Å²) < 4.78 is 0.